The molecule has 0 fully saturated rings. The molecule has 4 heteroatoms. The molecule has 0 spiro atoms. The molecular weight excluding hydrogens is 254 g/mol. The van der Waals surface area contributed by atoms with Crippen molar-refractivity contribution in [1.29, 1.82) is 0 Å². The summed E-state index contributed by atoms with van der Waals surface area (Å²) in [5.74, 6) is 0.706. The van der Waals surface area contributed by atoms with Gasteiger partial charge in [0, 0.05) is 12.2 Å². The topological polar surface area (TPSA) is 29.9 Å². The third-order valence-corrected chi connectivity index (χ3v) is 3.49. The first-order chi connectivity index (χ1) is 7.02. The molecule has 0 amide bonds. The van der Waals surface area contributed by atoms with Gasteiger partial charge in [-0.25, -0.2) is 0 Å². The molecule has 0 saturated carbocycles. The minimum Gasteiger partial charge on any atom is -0.315 e. The van der Waals surface area contributed by atoms with Crippen molar-refractivity contribution < 1.29 is 0 Å². The summed E-state index contributed by atoms with van der Waals surface area (Å²) in [4.78, 5) is 0. The Morgan fingerprint density at radius 3 is 2.53 bits per heavy atom. The summed E-state index contributed by atoms with van der Waals surface area (Å²) in [7, 11) is 0. The SMILES string of the molecule is Cc1nn(CCNCC(C)C)c(C)c1Br. The van der Waals surface area contributed by atoms with Crippen molar-refractivity contribution >= 4 is 15.9 Å². The summed E-state index contributed by atoms with van der Waals surface area (Å²) in [5, 5.41) is 7.87. The molecule has 1 aromatic rings. The lowest BCUT2D eigenvalue weighted by Gasteiger charge is -2.08. The molecule has 3 nitrogen and oxygen atoms in total. The molecule has 0 aromatic carbocycles. The van der Waals surface area contributed by atoms with Crippen molar-refractivity contribution in [2.45, 2.75) is 34.2 Å². The third kappa shape index (κ3) is 3.61. The maximum absolute atomic E-state index is 4.46. The zero-order valence-electron chi connectivity index (χ0n) is 9.97. The van der Waals surface area contributed by atoms with Gasteiger partial charge in [0.05, 0.1) is 16.7 Å². The van der Waals surface area contributed by atoms with Crippen LogP contribution < -0.4 is 5.32 Å². The number of nitrogens with one attached hydrogen (secondary N) is 1. The van der Waals surface area contributed by atoms with E-state index in [-0.39, 0.29) is 0 Å². The lowest BCUT2D eigenvalue weighted by atomic mass is 10.2. The highest BCUT2D eigenvalue weighted by Crippen LogP contribution is 2.19. The second kappa shape index (κ2) is 5.66. The first-order valence-electron chi connectivity index (χ1n) is 5.42. The summed E-state index contributed by atoms with van der Waals surface area (Å²) in [6.07, 6.45) is 0. The van der Waals surface area contributed by atoms with E-state index in [9.17, 15) is 0 Å². The van der Waals surface area contributed by atoms with Crippen LogP contribution in [0.3, 0.4) is 0 Å². The van der Waals surface area contributed by atoms with Gasteiger partial charge in [-0.05, 0) is 42.2 Å². The van der Waals surface area contributed by atoms with Crippen molar-refractivity contribution in [3.63, 3.8) is 0 Å². The highest BCUT2D eigenvalue weighted by Gasteiger charge is 2.07. The Morgan fingerprint density at radius 2 is 2.07 bits per heavy atom. The molecule has 0 bridgehead atoms. The molecule has 1 heterocycles. The average molecular weight is 274 g/mol. The van der Waals surface area contributed by atoms with Crippen LogP contribution in [0, 0.1) is 19.8 Å². The van der Waals surface area contributed by atoms with Gasteiger partial charge in [0.1, 0.15) is 0 Å². The zero-order chi connectivity index (χ0) is 11.4. The van der Waals surface area contributed by atoms with Crippen molar-refractivity contribution in [1.82, 2.24) is 15.1 Å². The number of aryl methyl sites for hydroxylation is 1. The largest absolute Gasteiger partial charge is 0.315 e. The van der Waals surface area contributed by atoms with Gasteiger partial charge in [0.25, 0.3) is 0 Å². The summed E-state index contributed by atoms with van der Waals surface area (Å²) in [6, 6.07) is 0. The number of halogens is 1. The van der Waals surface area contributed by atoms with E-state index in [4.69, 9.17) is 0 Å². The predicted octanol–water partition coefficient (Wildman–Crippen LogP) is 2.51. The van der Waals surface area contributed by atoms with Gasteiger partial charge in [-0.2, -0.15) is 5.10 Å². The zero-order valence-corrected chi connectivity index (χ0v) is 11.6. The van der Waals surface area contributed by atoms with Crippen LogP contribution in [-0.2, 0) is 6.54 Å². The van der Waals surface area contributed by atoms with E-state index < -0.39 is 0 Å². The van der Waals surface area contributed by atoms with E-state index >= 15 is 0 Å². The molecule has 86 valence electrons. The van der Waals surface area contributed by atoms with E-state index in [0.717, 1.165) is 29.8 Å². The van der Waals surface area contributed by atoms with E-state index in [0.29, 0.717) is 5.92 Å². The van der Waals surface area contributed by atoms with Gasteiger partial charge in [0.15, 0.2) is 0 Å². The molecule has 0 unspecified atom stereocenters. The lowest BCUT2D eigenvalue weighted by Crippen LogP contribution is -2.24. The standard InChI is InChI=1S/C11H20BrN3/c1-8(2)7-13-5-6-15-10(4)11(12)9(3)14-15/h8,13H,5-7H2,1-4H3. The second-order valence-electron chi connectivity index (χ2n) is 4.31. The van der Waals surface area contributed by atoms with Crippen LogP contribution in [0.2, 0.25) is 0 Å². The normalized spacial score (nSPS) is 11.3. The highest BCUT2D eigenvalue weighted by atomic mass is 79.9. The number of hydrogen-bond acceptors (Lipinski definition) is 2. The molecule has 15 heavy (non-hydrogen) atoms. The minimum atomic E-state index is 0.706. The number of hydrogen-bond donors (Lipinski definition) is 1. The summed E-state index contributed by atoms with van der Waals surface area (Å²) >= 11 is 3.53. The van der Waals surface area contributed by atoms with Crippen molar-refractivity contribution in [3.8, 4) is 0 Å². The number of nitrogens with zero attached hydrogens (tertiary/aromatic N) is 2. The Kier molecular flexibility index (Phi) is 4.80. The number of aromatic nitrogens is 2. The van der Waals surface area contributed by atoms with Crippen molar-refractivity contribution in [2.75, 3.05) is 13.1 Å². The molecule has 0 atom stereocenters. The highest BCUT2D eigenvalue weighted by molar-refractivity contribution is 9.10. The summed E-state index contributed by atoms with van der Waals surface area (Å²) in [6.45, 7) is 11.5. The Morgan fingerprint density at radius 1 is 1.40 bits per heavy atom. The van der Waals surface area contributed by atoms with Crippen molar-refractivity contribution in [2.24, 2.45) is 5.92 Å². The maximum atomic E-state index is 4.46. The van der Waals surface area contributed by atoms with Crippen LogP contribution in [0.4, 0.5) is 0 Å². The van der Waals surface area contributed by atoms with E-state index in [2.05, 4.69) is 47.1 Å². The van der Waals surface area contributed by atoms with Crippen LogP contribution in [0.5, 0.6) is 0 Å². The summed E-state index contributed by atoms with van der Waals surface area (Å²) < 4.78 is 3.18. The van der Waals surface area contributed by atoms with E-state index in [1.54, 1.807) is 0 Å². The monoisotopic (exact) mass is 273 g/mol. The molecule has 1 rings (SSSR count). The van der Waals surface area contributed by atoms with Gasteiger partial charge >= 0.3 is 0 Å². The van der Waals surface area contributed by atoms with Crippen LogP contribution in [-0.4, -0.2) is 22.9 Å². The quantitative estimate of drug-likeness (QED) is 0.836. The molecule has 0 saturated heterocycles. The minimum absolute atomic E-state index is 0.706. The van der Waals surface area contributed by atoms with E-state index in [1.165, 1.54) is 5.69 Å². The molecular formula is C11H20BrN3. The Bertz CT molecular complexity index is 318. The fourth-order valence-corrected chi connectivity index (χ4v) is 1.75. The number of rotatable bonds is 5. The second-order valence-corrected chi connectivity index (χ2v) is 5.10. The first-order valence-corrected chi connectivity index (χ1v) is 6.22. The van der Waals surface area contributed by atoms with Gasteiger partial charge in [-0.1, -0.05) is 13.8 Å². The molecule has 0 aliphatic carbocycles. The lowest BCUT2D eigenvalue weighted by molar-refractivity contribution is 0.500. The van der Waals surface area contributed by atoms with Gasteiger partial charge in [-0.15, -0.1) is 0 Å². The molecule has 0 radical (unpaired) electrons. The van der Waals surface area contributed by atoms with E-state index in [1.807, 2.05) is 11.6 Å². The molecule has 1 aromatic heterocycles. The fraction of sp³-hybridized carbons (Fsp3) is 0.727. The Labute approximate surface area is 100 Å². The summed E-state index contributed by atoms with van der Waals surface area (Å²) in [5.41, 5.74) is 2.27. The third-order valence-electron chi connectivity index (χ3n) is 2.35. The molecule has 1 N–H and O–H groups in total. The Balaban J connectivity index is 2.41. The molecule has 0 aliphatic rings. The predicted molar refractivity (Wildman–Crippen MR) is 67.1 cm³/mol. The van der Waals surface area contributed by atoms with Gasteiger partial charge in [0.2, 0.25) is 0 Å². The Hall–Kier alpha value is -0.350. The smallest absolute Gasteiger partial charge is 0.0738 e. The van der Waals surface area contributed by atoms with Gasteiger partial charge in [-0.3, -0.25) is 4.68 Å². The van der Waals surface area contributed by atoms with Crippen LogP contribution in [0.25, 0.3) is 0 Å². The maximum Gasteiger partial charge on any atom is 0.0738 e. The average Bonchev–Trinajstić information content (AvgIpc) is 2.41. The molecule has 0 aliphatic heterocycles. The van der Waals surface area contributed by atoms with Crippen LogP contribution in [0.15, 0.2) is 4.47 Å². The van der Waals surface area contributed by atoms with Crippen LogP contribution >= 0.6 is 15.9 Å². The van der Waals surface area contributed by atoms with Gasteiger partial charge < -0.3 is 5.32 Å². The fourth-order valence-electron chi connectivity index (χ4n) is 1.47. The van der Waals surface area contributed by atoms with Crippen molar-refractivity contribution in [3.05, 3.63) is 15.9 Å². The van der Waals surface area contributed by atoms with Crippen LogP contribution in [0.1, 0.15) is 25.2 Å². The first kappa shape index (κ1) is 12.7.